The highest BCUT2D eigenvalue weighted by Crippen LogP contribution is 2.56. The van der Waals surface area contributed by atoms with Gasteiger partial charge in [0.25, 0.3) is 12.3 Å². The van der Waals surface area contributed by atoms with Gasteiger partial charge >= 0.3 is 0 Å². The van der Waals surface area contributed by atoms with Gasteiger partial charge in [-0.3, -0.25) is 9.48 Å². The maximum absolute atomic E-state index is 13.6. The minimum Gasteiger partial charge on any atom is -0.389 e. The Morgan fingerprint density at radius 3 is 2.65 bits per heavy atom. The highest BCUT2D eigenvalue weighted by atomic mass is 35.5. The average molecular weight is 552 g/mol. The molecule has 3 aromatic rings. The first-order chi connectivity index (χ1) is 17.4. The number of pyridine rings is 1. The number of nitrogens with zero attached hydrogens (tertiary/aromatic N) is 3. The lowest BCUT2D eigenvalue weighted by molar-refractivity contribution is 0.0576. The van der Waals surface area contributed by atoms with Gasteiger partial charge in [-0.1, -0.05) is 23.2 Å². The Morgan fingerprint density at radius 1 is 1.24 bits per heavy atom. The smallest absolute Gasteiger partial charge is 0.280 e. The number of anilines is 1. The summed E-state index contributed by atoms with van der Waals surface area (Å²) >= 11 is 12.4. The molecule has 1 spiro atoms. The lowest BCUT2D eigenvalue weighted by Crippen LogP contribution is -2.45. The number of carbonyl (C=O) groups excluding carboxylic acids is 1. The maximum atomic E-state index is 13.6. The van der Waals surface area contributed by atoms with Crippen LogP contribution in [0.5, 0.6) is 0 Å². The Hall–Kier alpha value is -2.49. The number of hydrogen-bond donors (Lipinski definition) is 3. The zero-order chi connectivity index (χ0) is 26.5. The summed E-state index contributed by atoms with van der Waals surface area (Å²) in [6.45, 7) is 3.50. The molecule has 7 nitrogen and oxygen atoms in total. The zero-order valence-corrected chi connectivity index (χ0v) is 22.1. The molecule has 2 aliphatic rings. The summed E-state index contributed by atoms with van der Waals surface area (Å²) < 4.78 is 28.6. The minimum atomic E-state index is -2.70. The van der Waals surface area contributed by atoms with Gasteiger partial charge in [-0.15, -0.1) is 0 Å². The number of amides is 1. The molecule has 11 heteroatoms. The van der Waals surface area contributed by atoms with E-state index in [9.17, 15) is 18.7 Å². The van der Waals surface area contributed by atoms with E-state index in [1.807, 2.05) is 0 Å². The molecule has 5 rings (SSSR count). The SMILES string of the molecule is CC(C)(O)Cn1cc(C(=O)N[C@H]2C[C@@H](Nc3cc(C(F)F)nc4ccc(Cl)cc34)CC3(CC3)C2)c(Cl)n1. The van der Waals surface area contributed by atoms with Gasteiger partial charge in [0, 0.05) is 34.4 Å². The molecule has 1 amide bonds. The Morgan fingerprint density at radius 2 is 1.97 bits per heavy atom. The van der Waals surface area contributed by atoms with Crippen molar-refractivity contribution >= 4 is 45.7 Å². The Bertz CT molecular complexity index is 1340. The molecule has 2 atom stereocenters. The molecule has 0 bridgehead atoms. The van der Waals surface area contributed by atoms with Crippen molar-refractivity contribution in [3.8, 4) is 0 Å². The fourth-order valence-electron chi connectivity index (χ4n) is 5.40. The topological polar surface area (TPSA) is 92.1 Å². The second-order valence-electron chi connectivity index (χ2n) is 11.1. The first kappa shape index (κ1) is 26.1. The van der Waals surface area contributed by atoms with Crippen LogP contribution >= 0.6 is 23.2 Å². The number of aliphatic hydroxyl groups is 1. The third-order valence-electron chi connectivity index (χ3n) is 7.10. The van der Waals surface area contributed by atoms with Crippen LogP contribution in [0.4, 0.5) is 14.5 Å². The Kier molecular flexibility index (Phi) is 6.83. The van der Waals surface area contributed by atoms with E-state index in [0.29, 0.717) is 28.0 Å². The van der Waals surface area contributed by atoms with Gasteiger partial charge in [-0.05, 0) is 75.6 Å². The lowest BCUT2D eigenvalue weighted by Gasteiger charge is -2.37. The van der Waals surface area contributed by atoms with Crippen LogP contribution in [0.25, 0.3) is 10.9 Å². The maximum Gasteiger partial charge on any atom is 0.280 e. The number of nitrogens with one attached hydrogen (secondary N) is 2. The number of hydrogen-bond acceptors (Lipinski definition) is 5. The summed E-state index contributed by atoms with van der Waals surface area (Å²) in [6.07, 6.45) is 3.32. The quantitative estimate of drug-likeness (QED) is 0.335. The van der Waals surface area contributed by atoms with Crippen LogP contribution in [-0.4, -0.2) is 43.5 Å². The van der Waals surface area contributed by atoms with Gasteiger partial charge in [-0.2, -0.15) is 5.10 Å². The molecule has 2 fully saturated rings. The standard InChI is InChI=1S/C26H29Cl2F2N5O2/c1-25(2,37)13-35-12-18(22(28)34-35)24(36)32-16-8-15(10-26(11-16)5-6-26)31-20-9-21(23(29)30)33-19-4-3-14(27)7-17(19)20/h3-4,7,9,12,15-16,23,37H,5-6,8,10-11,13H2,1-2H3,(H,31,33)(H,32,36)/t15-,16+/m1/s1. The molecule has 0 radical (unpaired) electrons. The van der Waals surface area contributed by atoms with Gasteiger partial charge < -0.3 is 15.7 Å². The van der Waals surface area contributed by atoms with Crippen molar-refractivity contribution < 1.29 is 18.7 Å². The number of halogens is 4. The largest absolute Gasteiger partial charge is 0.389 e. The Labute approximate surface area is 223 Å². The highest BCUT2D eigenvalue weighted by Gasteiger charge is 2.49. The third-order valence-corrected chi connectivity index (χ3v) is 7.62. The summed E-state index contributed by atoms with van der Waals surface area (Å²) in [5.74, 6) is -0.324. The summed E-state index contributed by atoms with van der Waals surface area (Å²) in [5.41, 5.74) is 0.0825. The molecule has 3 N–H and O–H groups in total. The van der Waals surface area contributed by atoms with Crippen molar-refractivity contribution in [3.05, 3.63) is 51.9 Å². The van der Waals surface area contributed by atoms with E-state index in [-0.39, 0.29) is 46.4 Å². The van der Waals surface area contributed by atoms with Crippen molar-refractivity contribution in [2.45, 2.75) is 76.6 Å². The highest BCUT2D eigenvalue weighted by molar-refractivity contribution is 6.32. The van der Waals surface area contributed by atoms with Crippen LogP contribution < -0.4 is 10.6 Å². The van der Waals surface area contributed by atoms with E-state index in [0.717, 1.165) is 25.7 Å². The molecule has 37 heavy (non-hydrogen) atoms. The second kappa shape index (κ2) is 9.67. The van der Waals surface area contributed by atoms with Crippen LogP contribution in [-0.2, 0) is 6.54 Å². The third kappa shape index (κ3) is 5.99. The van der Waals surface area contributed by atoms with E-state index >= 15 is 0 Å². The second-order valence-corrected chi connectivity index (χ2v) is 11.9. The first-order valence-electron chi connectivity index (χ1n) is 12.3. The molecular weight excluding hydrogens is 523 g/mol. The van der Waals surface area contributed by atoms with Crippen LogP contribution in [0.1, 0.15) is 68.4 Å². The molecule has 0 saturated heterocycles. The van der Waals surface area contributed by atoms with Gasteiger partial charge in [0.2, 0.25) is 0 Å². The minimum absolute atomic E-state index is 0.0370. The van der Waals surface area contributed by atoms with Gasteiger partial charge in [-0.25, -0.2) is 13.8 Å². The molecule has 1 aromatic carbocycles. The van der Waals surface area contributed by atoms with E-state index in [4.69, 9.17) is 23.2 Å². The normalized spacial score (nSPS) is 21.0. The van der Waals surface area contributed by atoms with E-state index in [2.05, 4.69) is 20.7 Å². The summed E-state index contributed by atoms with van der Waals surface area (Å²) in [5, 5.41) is 22.0. The van der Waals surface area contributed by atoms with Gasteiger partial charge in [0.05, 0.1) is 23.2 Å². The summed E-state index contributed by atoms with van der Waals surface area (Å²) in [7, 11) is 0. The molecule has 0 unspecified atom stereocenters. The van der Waals surface area contributed by atoms with Crippen LogP contribution in [0.3, 0.4) is 0 Å². The predicted molar refractivity (Wildman–Crippen MR) is 139 cm³/mol. The molecule has 198 valence electrons. The zero-order valence-electron chi connectivity index (χ0n) is 20.6. The van der Waals surface area contributed by atoms with Crippen molar-refractivity contribution in [2.75, 3.05) is 5.32 Å². The molecule has 2 aromatic heterocycles. The van der Waals surface area contributed by atoms with Crippen molar-refractivity contribution in [2.24, 2.45) is 5.41 Å². The van der Waals surface area contributed by atoms with Crippen LogP contribution in [0, 0.1) is 5.41 Å². The molecule has 2 aliphatic carbocycles. The average Bonchev–Trinajstić information content (AvgIpc) is 3.42. The van der Waals surface area contributed by atoms with Gasteiger partial charge in [0.1, 0.15) is 5.69 Å². The number of benzene rings is 1. The monoisotopic (exact) mass is 551 g/mol. The van der Waals surface area contributed by atoms with E-state index < -0.39 is 12.0 Å². The van der Waals surface area contributed by atoms with E-state index in [1.165, 1.54) is 10.7 Å². The molecule has 0 aliphatic heterocycles. The van der Waals surface area contributed by atoms with Crippen LogP contribution in [0.15, 0.2) is 30.5 Å². The predicted octanol–water partition coefficient (Wildman–Crippen LogP) is 5.99. The fraction of sp³-hybridized carbons (Fsp3) is 0.500. The van der Waals surface area contributed by atoms with Crippen molar-refractivity contribution in [1.29, 1.82) is 0 Å². The van der Waals surface area contributed by atoms with Crippen molar-refractivity contribution in [3.63, 3.8) is 0 Å². The molecular formula is C26H29Cl2F2N5O2. The summed E-state index contributed by atoms with van der Waals surface area (Å²) in [6, 6.07) is 6.23. The number of fused-ring (bicyclic) bond motifs is 1. The van der Waals surface area contributed by atoms with Crippen LogP contribution in [0.2, 0.25) is 10.2 Å². The molecule has 2 heterocycles. The molecule has 2 saturated carbocycles. The summed E-state index contributed by atoms with van der Waals surface area (Å²) in [4.78, 5) is 17.2. The number of alkyl halides is 2. The number of aromatic nitrogens is 3. The number of carbonyl (C=O) groups is 1. The first-order valence-corrected chi connectivity index (χ1v) is 13.1. The van der Waals surface area contributed by atoms with Crippen molar-refractivity contribution in [1.82, 2.24) is 20.1 Å². The van der Waals surface area contributed by atoms with Gasteiger partial charge in [0.15, 0.2) is 5.15 Å². The fourth-order valence-corrected chi connectivity index (χ4v) is 5.81. The lowest BCUT2D eigenvalue weighted by atomic mass is 9.79. The Balaban J connectivity index is 1.35. The number of rotatable bonds is 7. The van der Waals surface area contributed by atoms with E-state index in [1.54, 1.807) is 38.2 Å².